The minimum atomic E-state index is -3.43. The molecule has 2 heterocycles. The second-order valence-corrected chi connectivity index (χ2v) is 8.07. The van der Waals surface area contributed by atoms with Crippen LogP contribution in [0.1, 0.15) is 39.2 Å². The van der Waals surface area contributed by atoms with Crippen molar-refractivity contribution in [2.24, 2.45) is 13.0 Å². The maximum atomic E-state index is 13.2. The van der Waals surface area contributed by atoms with E-state index in [2.05, 4.69) is 18.8 Å². The first kappa shape index (κ1) is 19.0. The lowest BCUT2D eigenvalue weighted by molar-refractivity contribution is 0.230. The molecular formula is C17H27N2O4P. The van der Waals surface area contributed by atoms with Crippen LogP contribution >= 0.6 is 7.60 Å². The van der Waals surface area contributed by atoms with Crippen molar-refractivity contribution in [2.75, 3.05) is 13.2 Å². The van der Waals surface area contributed by atoms with Crippen LogP contribution in [0.5, 0.6) is 0 Å². The highest BCUT2D eigenvalue weighted by Gasteiger charge is 2.34. The Bertz CT molecular complexity index is 723. The van der Waals surface area contributed by atoms with E-state index in [1.54, 1.807) is 19.9 Å². The molecule has 2 aromatic rings. The first-order valence-electron chi connectivity index (χ1n) is 8.33. The number of imidazole rings is 1. The molecule has 0 bridgehead atoms. The second kappa shape index (κ2) is 7.68. The van der Waals surface area contributed by atoms with E-state index in [9.17, 15) is 4.57 Å². The summed E-state index contributed by atoms with van der Waals surface area (Å²) in [5.41, 5.74) is 1.77. The molecule has 24 heavy (non-hydrogen) atoms. The van der Waals surface area contributed by atoms with Gasteiger partial charge in [-0.1, -0.05) is 13.8 Å². The molecule has 2 rings (SSSR count). The molecule has 0 amide bonds. The fraction of sp³-hybridized carbons (Fsp3) is 0.588. The van der Waals surface area contributed by atoms with Gasteiger partial charge in [0.2, 0.25) is 0 Å². The summed E-state index contributed by atoms with van der Waals surface area (Å²) >= 11 is 0. The predicted molar refractivity (Wildman–Crippen MR) is 94.7 cm³/mol. The van der Waals surface area contributed by atoms with Crippen molar-refractivity contribution in [1.29, 1.82) is 0 Å². The Morgan fingerprint density at radius 2 is 1.92 bits per heavy atom. The van der Waals surface area contributed by atoms with Crippen LogP contribution in [0, 0.1) is 12.8 Å². The Hall–Kier alpha value is -1.36. The summed E-state index contributed by atoms with van der Waals surface area (Å²) in [6, 6.07) is 1.66. The molecule has 0 aliphatic rings. The molecule has 2 aromatic heterocycles. The van der Waals surface area contributed by atoms with Gasteiger partial charge in [0.25, 0.3) is 0 Å². The van der Waals surface area contributed by atoms with Gasteiger partial charge in [-0.2, -0.15) is 0 Å². The van der Waals surface area contributed by atoms with E-state index in [-0.39, 0.29) is 0 Å². The zero-order valence-electron chi connectivity index (χ0n) is 15.3. The SMILES string of the molecule is CCOP(=O)(OCC)c1ccoc1-c1nc(C)n(C)c1CC(C)C. The smallest absolute Gasteiger partial charge is 0.365 e. The van der Waals surface area contributed by atoms with Gasteiger partial charge in [-0.15, -0.1) is 0 Å². The van der Waals surface area contributed by atoms with E-state index in [1.165, 1.54) is 6.26 Å². The normalized spacial score (nSPS) is 12.3. The van der Waals surface area contributed by atoms with Gasteiger partial charge in [-0.3, -0.25) is 4.57 Å². The van der Waals surface area contributed by atoms with Crippen LogP contribution in [-0.2, 0) is 27.1 Å². The van der Waals surface area contributed by atoms with Crippen LogP contribution in [0.4, 0.5) is 0 Å². The van der Waals surface area contributed by atoms with Crippen molar-refractivity contribution in [3.05, 3.63) is 23.8 Å². The molecule has 0 unspecified atom stereocenters. The van der Waals surface area contributed by atoms with Crippen LogP contribution < -0.4 is 5.30 Å². The number of hydrogen-bond donors (Lipinski definition) is 0. The van der Waals surface area contributed by atoms with Crippen molar-refractivity contribution < 1.29 is 18.0 Å². The molecule has 7 heteroatoms. The molecule has 0 radical (unpaired) electrons. The Morgan fingerprint density at radius 1 is 1.29 bits per heavy atom. The van der Waals surface area contributed by atoms with Crippen LogP contribution in [0.2, 0.25) is 0 Å². The second-order valence-electron chi connectivity index (χ2n) is 6.08. The molecule has 0 N–H and O–H groups in total. The standard InChI is InChI=1S/C17H27N2O4P/c1-7-22-24(20,23-8-2)15-9-10-21-17(15)16-14(11-12(3)4)19(6)13(5)18-16/h9-10,12H,7-8,11H2,1-6H3. The third-order valence-electron chi connectivity index (χ3n) is 3.79. The highest BCUT2D eigenvalue weighted by atomic mass is 31.2. The van der Waals surface area contributed by atoms with E-state index in [1.807, 2.05) is 18.5 Å². The Labute approximate surface area is 143 Å². The monoisotopic (exact) mass is 354 g/mol. The molecule has 0 aromatic carbocycles. The van der Waals surface area contributed by atoms with Crippen molar-refractivity contribution in [3.63, 3.8) is 0 Å². The molecule has 0 saturated carbocycles. The zero-order valence-corrected chi connectivity index (χ0v) is 16.2. The third-order valence-corrected chi connectivity index (χ3v) is 5.93. The fourth-order valence-electron chi connectivity index (χ4n) is 2.67. The van der Waals surface area contributed by atoms with Crippen LogP contribution in [0.3, 0.4) is 0 Å². The van der Waals surface area contributed by atoms with Gasteiger partial charge in [0, 0.05) is 12.7 Å². The molecule has 0 saturated heterocycles. The zero-order chi connectivity index (χ0) is 17.9. The molecule has 134 valence electrons. The summed E-state index contributed by atoms with van der Waals surface area (Å²) in [6.45, 7) is 10.4. The van der Waals surface area contributed by atoms with Crippen molar-refractivity contribution in [1.82, 2.24) is 9.55 Å². The van der Waals surface area contributed by atoms with Gasteiger partial charge in [-0.05, 0) is 39.2 Å². The average Bonchev–Trinajstić information content (AvgIpc) is 3.08. The van der Waals surface area contributed by atoms with Crippen molar-refractivity contribution in [3.8, 4) is 11.5 Å². The molecule has 0 atom stereocenters. The number of aromatic nitrogens is 2. The Balaban J connectivity index is 2.58. The minimum Gasteiger partial charge on any atom is -0.462 e. The third kappa shape index (κ3) is 3.66. The average molecular weight is 354 g/mol. The van der Waals surface area contributed by atoms with Crippen LogP contribution in [-0.4, -0.2) is 22.8 Å². The van der Waals surface area contributed by atoms with Crippen molar-refractivity contribution in [2.45, 2.75) is 41.0 Å². The summed E-state index contributed by atoms with van der Waals surface area (Å²) in [4.78, 5) is 4.64. The lowest BCUT2D eigenvalue weighted by atomic mass is 10.1. The summed E-state index contributed by atoms with van der Waals surface area (Å²) in [5, 5.41) is 0.439. The van der Waals surface area contributed by atoms with Crippen LogP contribution in [0.25, 0.3) is 11.5 Å². The van der Waals surface area contributed by atoms with E-state index >= 15 is 0 Å². The summed E-state index contributed by atoms with van der Waals surface area (Å²) in [7, 11) is -1.45. The van der Waals surface area contributed by atoms with Gasteiger partial charge in [-0.25, -0.2) is 4.98 Å². The van der Waals surface area contributed by atoms with Gasteiger partial charge >= 0.3 is 7.60 Å². The summed E-state index contributed by atoms with van der Waals surface area (Å²) in [5.74, 6) is 1.81. The summed E-state index contributed by atoms with van der Waals surface area (Å²) < 4.78 is 31.8. The number of aryl methyl sites for hydroxylation is 1. The van der Waals surface area contributed by atoms with E-state index < -0.39 is 7.60 Å². The maximum absolute atomic E-state index is 13.2. The van der Waals surface area contributed by atoms with Gasteiger partial charge in [0.15, 0.2) is 5.76 Å². The lowest BCUT2D eigenvalue weighted by Crippen LogP contribution is -2.12. The minimum absolute atomic E-state index is 0.294. The van der Waals surface area contributed by atoms with Crippen LogP contribution in [0.15, 0.2) is 16.7 Å². The fourth-order valence-corrected chi connectivity index (χ4v) is 4.35. The Morgan fingerprint density at radius 3 is 2.46 bits per heavy atom. The molecule has 0 spiro atoms. The molecular weight excluding hydrogens is 327 g/mol. The molecule has 6 nitrogen and oxygen atoms in total. The van der Waals surface area contributed by atoms with Gasteiger partial charge in [0.1, 0.15) is 16.8 Å². The first-order valence-corrected chi connectivity index (χ1v) is 9.88. The van der Waals surface area contributed by atoms with E-state index in [4.69, 9.17) is 13.5 Å². The molecule has 0 aliphatic heterocycles. The highest BCUT2D eigenvalue weighted by molar-refractivity contribution is 7.62. The lowest BCUT2D eigenvalue weighted by Gasteiger charge is -2.17. The van der Waals surface area contributed by atoms with E-state index in [0.717, 1.165) is 17.9 Å². The quantitative estimate of drug-likeness (QED) is 0.668. The molecule has 0 fully saturated rings. The number of furan rings is 1. The van der Waals surface area contributed by atoms with E-state index in [0.29, 0.717) is 35.9 Å². The predicted octanol–water partition coefficient (Wildman–Crippen LogP) is 4.08. The Kier molecular flexibility index (Phi) is 6.07. The van der Waals surface area contributed by atoms with Crippen molar-refractivity contribution >= 4 is 12.9 Å². The number of hydrogen-bond acceptors (Lipinski definition) is 5. The van der Waals surface area contributed by atoms with Gasteiger partial charge < -0.3 is 18.0 Å². The highest BCUT2D eigenvalue weighted by Crippen LogP contribution is 2.49. The first-order chi connectivity index (χ1) is 11.3. The summed E-state index contributed by atoms with van der Waals surface area (Å²) in [6.07, 6.45) is 2.36. The van der Waals surface area contributed by atoms with Gasteiger partial charge in [0.05, 0.1) is 19.5 Å². The largest absolute Gasteiger partial charge is 0.462 e. The number of rotatable bonds is 8. The molecule has 0 aliphatic carbocycles. The topological polar surface area (TPSA) is 66.5 Å². The number of nitrogens with zero attached hydrogens (tertiary/aromatic N) is 2. The maximum Gasteiger partial charge on any atom is 0.365 e.